The fraction of sp³-hybridized carbons (Fsp3) is 0.545. The van der Waals surface area contributed by atoms with E-state index in [-0.39, 0.29) is 23.3 Å². The van der Waals surface area contributed by atoms with Gasteiger partial charge in [0.2, 0.25) is 5.91 Å². The summed E-state index contributed by atoms with van der Waals surface area (Å²) in [6.45, 7) is 6.03. The Bertz CT molecular complexity index is 951. The normalized spacial score (nSPS) is 25.5. The van der Waals surface area contributed by atoms with E-state index < -0.39 is 23.9 Å². The number of hydrogen-bond donors (Lipinski definition) is 2. The topological polar surface area (TPSA) is 86.0 Å². The Hall–Kier alpha value is -2.45. The molecule has 1 saturated carbocycles. The number of amides is 2. The molecule has 1 aliphatic carbocycles. The maximum absolute atomic E-state index is 14.0. The van der Waals surface area contributed by atoms with E-state index in [4.69, 9.17) is 4.42 Å². The SMILES string of the molecule is CC(=O)N1CCN([C@@H]2CCC[C@@H](NC(=O)c3oc4c(F)cccc4c3C)[C@H]2O)CC1. The van der Waals surface area contributed by atoms with Crippen molar-refractivity contribution in [1.29, 1.82) is 0 Å². The first kappa shape index (κ1) is 20.8. The molecule has 3 atom stereocenters. The van der Waals surface area contributed by atoms with Gasteiger partial charge in [-0.3, -0.25) is 14.5 Å². The first-order chi connectivity index (χ1) is 14.4. The molecule has 0 radical (unpaired) electrons. The summed E-state index contributed by atoms with van der Waals surface area (Å²) in [5.74, 6) is -0.785. The first-order valence-electron chi connectivity index (χ1n) is 10.5. The molecule has 1 saturated heterocycles. The zero-order valence-corrected chi connectivity index (χ0v) is 17.4. The summed E-state index contributed by atoms with van der Waals surface area (Å²) in [5, 5.41) is 14.5. The number of carbonyl (C=O) groups excluding carboxylic acids is 2. The summed E-state index contributed by atoms with van der Waals surface area (Å²) >= 11 is 0. The van der Waals surface area contributed by atoms with Crippen LogP contribution in [0.5, 0.6) is 0 Å². The molecule has 2 amide bonds. The highest BCUT2D eigenvalue weighted by Crippen LogP contribution is 2.29. The van der Waals surface area contributed by atoms with E-state index in [9.17, 15) is 19.1 Å². The fourth-order valence-electron chi connectivity index (χ4n) is 4.74. The van der Waals surface area contributed by atoms with Gasteiger partial charge in [0.15, 0.2) is 17.2 Å². The van der Waals surface area contributed by atoms with E-state index >= 15 is 0 Å². The minimum absolute atomic E-state index is 0.0626. The molecule has 2 fully saturated rings. The van der Waals surface area contributed by atoms with Crippen molar-refractivity contribution < 1.29 is 23.5 Å². The average Bonchev–Trinajstić information content (AvgIpc) is 3.08. The van der Waals surface area contributed by atoms with Crippen molar-refractivity contribution in [3.05, 3.63) is 35.3 Å². The smallest absolute Gasteiger partial charge is 0.287 e. The van der Waals surface area contributed by atoms with Crippen molar-refractivity contribution in [1.82, 2.24) is 15.1 Å². The Morgan fingerprint density at radius 2 is 1.93 bits per heavy atom. The van der Waals surface area contributed by atoms with E-state index in [1.54, 1.807) is 26.0 Å². The van der Waals surface area contributed by atoms with Crippen LogP contribution in [0, 0.1) is 12.7 Å². The third kappa shape index (κ3) is 3.81. The molecule has 2 N–H and O–H groups in total. The Labute approximate surface area is 174 Å². The molecule has 1 aromatic heterocycles. The number of piperazine rings is 1. The summed E-state index contributed by atoms with van der Waals surface area (Å²) < 4.78 is 19.5. The summed E-state index contributed by atoms with van der Waals surface area (Å²) in [5.41, 5.74) is 0.662. The summed E-state index contributed by atoms with van der Waals surface area (Å²) in [7, 11) is 0. The van der Waals surface area contributed by atoms with Gasteiger partial charge in [0.05, 0.1) is 12.1 Å². The van der Waals surface area contributed by atoms with Crippen LogP contribution in [0.3, 0.4) is 0 Å². The maximum Gasteiger partial charge on any atom is 0.287 e. The van der Waals surface area contributed by atoms with Crippen LogP contribution in [0.15, 0.2) is 22.6 Å². The molecule has 0 unspecified atom stereocenters. The predicted octanol–water partition coefficient (Wildman–Crippen LogP) is 2.06. The van der Waals surface area contributed by atoms with Crippen molar-refractivity contribution in [3.8, 4) is 0 Å². The van der Waals surface area contributed by atoms with E-state index in [1.807, 2.05) is 4.90 Å². The number of furan rings is 1. The highest BCUT2D eigenvalue weighted by atomic mass is 19.1. The van der Waals surface area contributed by atoms with E-state index in [1.165, 1.54) is 6.07 Å². The van der Waals surface area contributed by atoms with Crippen molar-refractivity contribution in [2.75, 3.05) is 26.2 Å². The molecule has 4 rings (SSSR count). The number of aliphatic hydroxyl groups excluding tert-OH is 1. The number of aliphatic hydroxyl groups is 1. The molecule has 8 heteroatoms. The zero-order valence-electron chi connectivity index (χ0n) is 17.4. The van der Waals surface area contributed by atoms with Crippen LogP contribution in [0.4, 0.5) is 4.39 Å². The minimum Gasteiger partial charge on any atom is -0.448 e. The molecule has 2 heterocycles. The molecule has 1 aliphatic heterocycles. The largest absolute Gasteiger partial charge is 0.448 e. The Kier molecular flexibility index (Phi) is 5.79. The highest BCUT2D eigenvalue weighted by Gasteiger charge is 2.38. The van der Waals surface area contributed by atoms with Crippen LogP contribution in [-0.2, 0) is 4.79 Å². The van der Waals surface area contributed by atoms with Crippen LogP contribution >= 0.6 is 0 Å². The van der Waals surface area contributed by atoms with E-state index in [0.29, 0.717) is 43.5 Å². The maximum atomic E-state index is 14.0. The number of carbonyl (C=O) groups is 2. The van der Waals surface area contributed by atoms with Crippen LogP contribution in [0.25, 0.3) is 11.0 Å². The van der Waals surface area contributed by atoms with Gasteiger partial charge >= 0.3 is 0 Å². The molecule has 0 spiro atoms. The second kappa shape index (κ2) is 8.35. The lowest BCUT2D eigenvalue weighted by Gasteiger charge is -2.44. The van der Waals surface area contributed by atoms with Gasteiger partial charge in [-0.25, -0.2) is 4.39 Å². The number of hydrogen-bond acceptors (Lipinski definition) is 5. The number of rotatable bonds is 3. The number of nitrogens with one attached hydrogen (secondary N) is 1. The van der Waals surface area contributed by atoms with E-state index in [2.05, 4.69) is 10.2 Å². The number of fused-ring (bicyclic) bond motifs is 1. The predicted molar refractivity (Wildman–Crippen MR) is 110 cm³/mol. The summed E-state index contributed by atoms with van der Waals surface area (Å²) in [6.07, 6.45) is 1.69. The molecule has 1 aromatic carbocycles. The fourth-order valence-corrected chi connectivity index (χ4v) is 4.74. The lowest BCUT2D eigenvalue weighted by Crippen LogP contribution is -2.60. The lowest BCUT2D eigenvalue weighted by atomic mass is 9.86. The van der Waals surface area contributed by atoms with Gasteiger partial charge in [-0.05, 0) is 32.3 Å². The van der Waals surface area contributed by atoms with Crippen molar-refractivity contribution >= 4 is 22.8 Å². The molecule has 0 bridgehead atoms. The molecular formula is C22H28FN3O4. The standard InChI is InChI=1S/C22H28FN3O4/c1-13-15-5-3-6-16(23)21(15)30-20(13)22(29)24-17-7-4-8-18(19(17)28)26-11-9-25(10-12-26)14(2)27/h3,5-6,17-19,28H,4,7-12H2,1-2H3,(H,24,29)/t17-,18-,19-/m1/s1. The monoisotopic (exact) mass is 417 g/mol. The molecule has 7 nitrogen and oxygen atoms in total. The molecular weight excluding hydrogens is 389 g/mol. The van der Waals surface area contributed by atoms with Gasteiger partial charge in [0.1, 0.15) is 0 Å². The van der Waals surface area contributed by atoms with Crippen molar-refractivity contribution in [2.24, 2.45) is 0 Å². The Morgan fingerprint density at radius 3 is 2.60 bits per heavy atom. The first-order valence-corrected chi connectivity index (χ1v) is 10.5. The van der Waals surface area contributed by atoms with Gasteiger partial charge in [-0.15, -0.1) is 0 Å². The zero-order chi connectivity index (χ0) is 21.4. The van der Waals surface area contributed by atoms with Crippen LogP contribution in [0.2, 0.25) is 0 Å². The number of halogens is 1. The van der Waals surface area contributed by atoms with Gasteiger partial charge in [0.25, 0.3) is 5.91 Å². The molecule has 162 valence electrons. The van der Waals surface area contributed by atoms with Gasteiger partial charge in [0, 0.05) is 50.1 Å². The minimum atomic E-state index is -0.715. The Morgan fingerprint density at radius 1 is 1.20 bits per heavy atom. The number of nitrogens with zero attached hydrogens (tertiary/aromatic N) is 2. The third-order valence-corrected chi connectivity index (χ3v) is 6.49. The van der Waals surface area contributed by atoms with Gasteiger partial charge < -0.3 is 19.7 Å². The van der Waals surface area contributed by atoms with Crippen LogP contribution in [-0.4, -0.2) is 71.1 Å². The summed E-state index contributed by atoms with van der Waals surface area (Å²) in [4.78, 5) is 28.4. The summed E-state index contributed by atoms with van der Waals surface area (Å²) in [6, 6.07) is 4.14. The highest BCUT2D eigenvalue weighted by molar-refractivity contribution is 5.99. The number of benzene rings is 1. The lowest BCUT2D eigenvalue weighted by molar-refractivity contribution is -0.131. The van der Waals surface area contributed by atoms with Gasteiger partial charge in [-0.2, -0.15) is 0 Å². The number of para-hydroxylation sites is 1. The number of aryl methyl sites for hydroxylation is 1. The van der Waals surface area contributed by atoms with Crippen LogP contribution < -0.4 is 5.32 Å². The molecule has 30 heavy (non-hydrogen) atoms. The average molecular weight is 417 g/mol. The van der Waals surface area contributed by atoms with Crippen LogP contribution in [0.1, 0.15) is 42.3 Å². The Balaban J connectivity index is 1.45. The third-order valence-electron chi connectivity index (χ3n) is 6.49. The second-order valence-electron chi connectivity index (χ2n) is 8.28. The molecule has 2 aromatic rings. The van der Waals surface area contributed by atoms with Crippen molar-refractivity contribution in [2.45, 2.75) is 51.3 Å². The molecule has 2 aliphatic rings. The quantitative estimate of drug-likeness (QED) is 0.799. The van der Waals surface area contributed by atoms with E-state index in [0.717, 1.165) is 12.8 Å². The van der Waals surface area contributed by atoms with Crippen molar-refractivity contribution in [3.63, 3.8) is 0 Å². The second-order valence-corrected chi connectivity index (χ2v) is 8.28. The van der Waals surface area contributed by atoms with Gasteiger partial charge in [-0.1, -0.05) is 12.1 Å².